The average molecular weight is 430 g/mol. The number of piperidine rings is 2. The number of rotatable bonds is 4. The van der Waals surface area contributed by atoms with Crippen LogP contribution < -0.4 is 0 Å². The van der Waals surface area contributed by atoms with Crippen molar-refractivity contribution >= 4 is 15.9 Å². The lowest BCUT2D eigenvalue weighted by Gasteiger charge is -2.37. The summed E-state index contributed by atoms with van der Waals surface area (Å²) in [7, 11) is -3.55. The number of benzene rings is 1. The molecule has 160 valence electrons. The molecule has 0 atom stereocenters. The standard InChI is InChI=1S/C22H27N3O4S/c26-20-5-3-17(4-6-20)18-7-12-24(13-8-18)22(27)19-9-14-25(15-10-19)30(28,29)21-2-1-11-23-16-21/h1-6,11,16,18-19,26H,7-10,12-15H2. The Kier molecular flexibility index (Phi) is 6.06. The number of carbonyl (C=O) groups is 1. The Morgan fingerprint density at radius 2 is 1.63 bits per heavy atom. The van der Waals surface area contributed by atoms with Gasteiger partial charge < -0.3 is 10.0 Å². The van der Waals surface area contributed by atoms with Gasteiger partial charge in [0.05, 0.1) is 0 Å². The number of sulfonamides is 1. The zero-order chi connectivity index (χ0) is 21.1. The van der Waals surface area contributed by atoms with Gasteiger partial charge in [-0.15, -0.1) is 0 Å². The van der Waals surface area contributed by atoms with E-state index in [1.807, 2.05) is 17.0 Å². The zero-order valence-corrected chi connectivity index (χ0v) is 17.7. The van der Waals surface area contributed by atoms with Crippen molar-refractivity contribution in [1.82, 2.24) is 14.2 Å². The van der Waals surface area contributed by atoms with E-state index in [0.29, 0.717) is 31.8 Å². The van der Waals surface area contributed by atoms with Crippen molar-refractivity contribution in [1.29, 1.82) is 0 Å². The Bertz CT molecular complexity index is 963. The predicted octanol–water partition coefficient (Wildman–Crippen LogP) is 2.59. The maximum atomic E-state index is 13.0. The topological polar surface area (TPSA) is 90.8 Å². The number of hydrogen-bond donors (Lipinski definition) is 1. The number of nitrogens with zero attached hydrogens (tertiary/aromatic N) is 3. The molecule has 0 bridgehead atoms. The van der Waals surface area contributed by atoms with Crippen LogP contribution in [0.2, 0.25) is 0 Å². The number of carbonyl (C=O) groups excluding carboxylic acids is 1. The van der Waals surface area contributed by atoms with E-state index in [-0.39, 0.29) is 22.5 Å². The van der Waals surface area contributed by atoms with E-state index >= 15 is 0 Å². The molecule has 7 nitrogen and oxygen atoms in total. The molecule has 0 unspecified atom stereocenters. The van der Waals surface area contributed by atoms with Crippen molar-refractivity contribution < 1.29 is 18.3 Å². The molecule has 0 spiro atoms. The minimum Gasteiger partial charge on any atom is -0.508 e. The van der Waals surface area contributed by atoms with Gasteiger partial charge in [-0.3, -0.25) is 9.78 Å². The molecule has 0 radical (unpaired) electrons. The molecular formula is C22H27N3O4S. The summed E-state index contributed by atoms with van der Waals surface area (Å²) in [4.78, 5) is 19.0. The summed E-state index contributed by atoms with van der Waals surface area (Å²) < 4.78 is 26.9. The van der Waals surface area contributed by atoms with E-state index in [9.17, 15) is 18.3 Å². The van der Waals surface area contributed by atoms with Gasteiger partial charge in [-0.2, -0.15) is 4.31 Å². The third-order valence-corrected chi connectivity index (χ3v) is 8.13. The van der Waals surface area contributed by atoms with Crippen LogP contribution in [0.5, 0.6) is 5.75 Å². The van der Waals surface area contributed by atoms with Gasteiger partial charge in [-0.25, -0.2) is 8.42 Å². The number of hydrogen-bond acceptors (Lipinski definition) is 5. The maximum Gasteiger partial charge on any atom is 0.244 e. The Labute approximate surface area is 177 Å². The molecule has 8 heteroatoms. The predicted molar refractivity (Wildman–Crippen MR) is 112 cm³/mol. The fourth-order valence-corrected chi connectivity index (χ4v) is 5.86. The lowest BCUT2D eigenvalue weighted by atomic mass is 9.88. The molecule has 2 saturated heterocycles. The molecule has 0 aliphatic carbocycles. The largest absolute Gasteiger partial charge is 0.508 e. The first kappa shape index (κ1) is 20.8. The van der Waals surface area contributed by atoms with E-state index in [0.717, 1.165) is 25.9 Å². The third-order valence-electron chi connectivity index (χ3n) is 6.25. The highest BCUT2D eigenvalue weighted by atomic mass is 32.2. The third kappa shape index (κ3) is 4.34. The van der Waals surface area contributed by atoms with Gasteiger partial charge in [-0.05, 0) is 61.4 Å². The molecule has 1 amide bonds. The molecule has 2 fully saturated rings. The van der Waals surface area contributed by atoms with Gasteiger partial charge in [0.15, 0.2) is 0 Å². The van der Waals surface area contributed by atoms with Crippen molar-refractivity contribution in [3.05, 3.63) is 54.4 Å². The van der Waals surface area contributed by atoms with Gasteiger partial charge in [0.2, 0.25) is 15.9 Å². The van der Waals surface area contributed by atoms with E-state index in [1.54, 1.807) is 30.5 Å². The molecule has 0 saturated carbocycles. The average Bonchev–Trinajstić information content (AvgIpc) is 2.80. The van der Waals surface area contributed by atoms with E-state index < -0.39 is 10.0 Å². The Morgan fingerprint density at radius 3 is 2.23 bits per heavy atom. The molecule has 2 aliphatic rings. The minimum atomic E-state index is -3.55. The second-order valence-corrected chi connectivity index (χ2v) is 10.00. The Morgan fingerprint density at radius 1 is 0.967 bits per heavy atom. The highest BCUT2D eigenvalue weighted by Gasteiger charge is 2.35. The monoisotopic (exact) mass is 429 g/mol. The fraction of sp³-hybridized carbons (Fsp3) is 0.455. The van der Waals surface area contributed by atoms with E-state index in [2.05, 4.69) is 4.98 Å². The zero-order valence-electron chi connectivity index (χ0n) is 16.9. The molecule has 1 aromatic carbocycles. The van der Waals surface area contributed by atoms with Crippen molar-refractivity contribution in [3.8, 4) is 5.75 Å². The molecule has 2 aromatic rings. The van der Waals surface area contributed by atoms with Crippen molar-refractivity contribution in [2.75, 3.05) is 26.2 Å². The number of likely N-dealkylation sites (tertiary alicyclic amines) is 1. The van der Waals surface area contributed by atoms with Crippen LogP contribution in [-0.2, 0) is 14.8 Å². The number of pyridine rings is 1. The molecular weight excluding hydrogens is 402 g/mol. The number of phenolic OH excluding ortho intramolecular Hbond substituents is 1. The minimum absolute atomic E-state index is 0.115. The van der Waals surface area contributed by atoms with Gasteiger partial charge in [0.1, 0.15) is 10.6 Å². The first-order valence-corrected chi connectivity index (χ1v) is 11.9. The van der Waals surface area contributed by atoms with Crippen LogP contribution in [0.15, 0.2) is 53.7 Å². The molecule has 3 heterocycles. The number of amides is 1. The van der Waals surface area contributed by atoms with Crippen LogP contribution in [0.25, 0.3) is 0 Å². The summed E-state index contributed by atoms with van der Waals surface area (Å²) >= 11 is 0. The van der Waals surface area contributed by atoms with Crippen LogP contribution >= 0.6 is 0 Å². The molecule has 1 aromatic heterocycles. The molecule has 2 aliphatic heterocycles. The first-order valence-electron chi connectivity index (χ1n) is 10.4. The normalized spacial score (nSPS) is 19.7. The highest BCUT2D eigenvalue weighted by molar-refractivity contribution is 7.89. The summed E-state index contributed by atoms with van der Waals surface area (Å²) in [5, 5.41) is 9.45. The lowest BCUT2D eigenvalue weighted by Crippen LogP contribution is -2.46. The van der Waals surface area contributed by atoms with Crippen LogP contribution in [-0.4, -0.2) is 59.8 Å². The van der Waals surface area contributed by atoms with Crippen LogP contribution in [0.4, 0.5) is 0 Å². The SMILES string of the molecule is O=C(C1CCN(S(=O)(=O)c2cccnc2)CC1)N1CCC(c2ccc(O)cc2)CC1. The fourth-order valence-electron chi connectivity index (χ4n) is 4.43. The van der Waals surface area contributed by atoms with E-state index in [4.69, 9.17) is 0 Å². The van der Waals surface area contributed by atoms with Gasteiger partial charge in [0.25, 0.3) is 0 Å². The first-order chi connectivity index (χ1) is 14.4. The van der Waals surface area contributed by atoms with Gasteiger partial charge in [0, 0.05) is 44.5 Å². The van der Waals surface area contributed by atoms with Crippen molar-refractivity contribution in [2.45, 2.75) is 36.5 Å². The van der Waals surface area contributed by atoms with Crippen molar-refractivity contribution in [3.63, 3.8) is 0 Å². The second-order valence-electron chi connectivity index (χ2n) is 8.06. The van der Waals surface area contributed by atoms with Crippen LogP contribution in [0, 0.1) is 5.92 Å². The van der Waals surface area contributed by atoms with Gasteiger partial charge >= 0.3 is 0 Å². The highest BCUT2D eigenvalue weighted by Crippen LogP contribution is 2.31. The molecule has 1 N–H and O–H groups in total. The number of phenols is 1. The quantitative estimate of drug-likeness (QED) is 0.807. The van der Waals surface area contributed by atoms with Crippen molar-refractivity contribution in [2.24, 2.45) is 5.92 Å². The van der Waals surface area contributed by atoms with Crippen LogP contribution in [0.3, 0.4) is 0 Å². The smallest absolute Gasteiger partial charge is 0.244 e. The van der Waals surface area contributed by atoms with E-state index in [1.165, 1.54) is 16.1 Å². The maximum absolute atomic E-state index is 13.0. The Balaban J connectivity index is 1.30. The summed E-state index contributed by atoms with van der Waals surface area (Å²) in [6.45, 7) is 2.16. The summed E-state index contributed by atoms with van der Waals surface area (Å²) in [5.74, 6) is 0.706. The second kappa shape index (κ2) is 8.73. The molecule has 30 heavy (non-hydrogen) atoms. The number of aromatic nitrogens is 1. The van der Waals surface area contributed by atoms with Crippen LogP contribution in [0.1, 0.15) is 37.2 Å². The number of aromatic hydroxyl groups is 1. The molecule has 4 rings (SSSR count). The summed E-state index contributed by atoms with van der Waals surface area (Å²) in [6, 6.07) is 10.5. The Hall–Kier alpha value is -2.45. The lowest BCUT2D eigenvalue weighted by molar-refractivity contribution is -0.137. The van der Waals surface area contributed by atoms with Gasteiger partial charge in [-0.1, -0.05) is 12.1 Å². The summed E-state index contributed by atoms with van der Waals surface area (Å²) in [6.07, 6.45) is 5.83. The summed E-state index contributed by atoms with van der Waals surface area (Å²) in [5.41, 5.74) is 1.20.